The summed E-state index contributed by atoms with van der Waals surface area (Å²) in [6.07, 6.45) is 0.258. The third-order valence-electron chi connectivity index (χ3n) is 3.72. The van der Waals surface area contributed by atoms with Gasteiger partial charge in [-0.25, -0.2) is 4.79 Å². The van der Waals surface area contributed by atoms with E-state index in [1.54, 1.807) is 18.2 Å². The summed E-state index contributed by atoms with van der Waals surface area (Å²) in [5.41, 5.74) is 0.102. The van der Waals surface area contributed by atoms with Gasteiger partial charge in [-0.1, -0.05) is 12.1 Å². The molecule has 2 aromatic carbocycles. The molecular weight excluding hydrogens is 388 g/mol. The van der Waals surface area contributed by atoms with Crippen LogP contribution in [0.2, 0.25) is 0 Å². The Morgan fingerprint density at radius 1 is 1.21 bits per heavy atom. The van der Waals surface area contributed by atoms with Crippen LogP contribution in [0.3, 0.4) is 0 Å². The molecule has 28 heavy (non-hydrogen) atoms. The number of nitrogens with one attached hydrogen (secondary N) is 1. The molecule has 2 atom stereocenters. The summed E-state index contributed by atoms with van der Waals surface area (Å²) in [4.78, 5) is 35.2. The molecule has 0 radical (unpaired) electrons. The van der Waals surface area contributed by atoms with Crippen LogP contribution >= 0.6 is 0 Å². The van der Waals surface area contributed by atoms with Crippen molar-refractivity contribution >= 4 is 34.1 Å². The van der Waals surface area contributed by atoms with Gasteiger partial charge in [0.2, 0.25) is 0 Å². The van der Waals surface area contributed by atoms with Gasteiger partial charge < -0.3 is 14.8 Å². The Labute approximate surface area is 163 Å². The standard InChI is InChI=1S/C18H18N2O7S/c1-11(27-18(22)13-6-4-5-7-16(13)28(3)25)17(21)19-14-9-8-12(20(23)24)10-15(14)26-2/h4-11H,1-3H3,(H,19,21)/t11-,28+/m1/s1. The maximum Gasteiger partial charge on any atom is 0.340 e. The van der Waals surface area contributed by atoms with E-state index < -0.39 is 33.7 Å². The minimum absolute atomic E-state index is 0.0906. The van der Waals surface area contributed by atoms with Crippen molar-refractivity contribution in [2.45, 2.75) is 17.9 Å². The monoisotopic (exact) mass is 406 g/mol. The van der Waals surface area contributed by atoms with E-state index in [1.807, 2.05) is 0 Å². The summed E-state index contributed by atoms with van der Waals surface area (Å²) in [5.74, 6) is -1.35. The number of ether oxygens (including phenoxy) is 2. The lowest BCUT2D eigenvalue weighted by Gasteiger charge is -2.16. The Morgan fingerprint density at radius 3 is 2.50 bits per heavy atom. The molecule has 0 aliphatic carbocycles. The van der Waals surface area contributed by atoms with Gasteiger partial charge in [0.1, 0.15) is 5.75 Å². The van der Waals surface area contributed by atoms with Crippen molar-refractivity contribution < 1.29 is 28.2 Å². The molecule has 0 aromatic heterocycles. The Bertz CT molecular complexity index is 945. The zero-order valence-corrected chi connectivity index (χ0v) is 16.1. The molecule has 0 bridgehead atoms. The number of carbonyl (C=O) groups is 2. The topological polar surface area (TPSA) is 125 Å². The molecular formula is C18H18N2O7S. The minimum Gasteiger partial charge on any atom is -0.494 e. The number of rotatable bonds is 7. The molecule has 1 amide bonds. The van der Waals surface area contributed by atoms with Crippen LogP contribution in [0, 0.1) is 10.1 Å². The highest BCUT2D eigenvalue weighted by molar-refractivity contribution is 7.84. The van der Waals surface area contributed by atoms with Gasteiger partial charge in [-0.15, -0.1) is 0 Å². The number of hydrogen-bond acceptors (Lipinski definition) is 7. The molecule has 0 aliphatic rings. The van der Waals surface area contributed by atoms with Crippen molar-refractivity contribution in [2.24, 2.45) is 0 Å². The maximum atomic E-state index is 12.3. The van der Waals surface area contributed by atoms with Crippen LogP contribution in [0.4, 0.5) is 11.4 Å². The summed E-state index contributed by atoms with van der Waals surface area (Å²) >= 11 is 0. The van der Waals surface area contributed by atoms with Gasteiger partial charge in [0.15, 0.2) is 6.10 Å². The number of hydrogen-bond donors (Lipinski definition) is 1. The number of amides is 1. The lowest BCUT2D eigenvalue weighted by molar-refractivity contribution is -0.384. The van der Waals surface area contributed by atoms with Gasteiger partial charge in [0, 0.05) is 12.3 Å². The SMILES string of the molecule is COc1cc([N+](=O)[O-])ccc1NC(=O)[C@@H](C)OC(=O)c1ccccc1[S@](C)=O. The number of benzene rings is 2. The lowest BCUT2D eigenvalue weighted by atomic mass is 10.2. The first kappa shape index (κ1) is 21.0. The van der Waals surface area contributed by atoms with Crippen molar-refractivity contribution in [1.29, 1.82) is 0 Å². The van der Waals surface area contributed by atoms with E-state index in [9.17, 15) is 23.9 Å². The molecule has 0 heterocycles. The Balaban J connectivity index is 2.13. The van der Waals surface area contributed by atoms with Crippen molar-refractivity contribution in [3.8, 4) is 5.75 Å². The molecule has 2 aromatic rings. The first-order valence-corrected chi connectivity index (χ1v) is 9.57. The van der Waals surface area contributed by atoms with Crippen molar-refractivity contribution in [1.82, 2.24) is 0 Å². The van der Waals surface area contributed by atoms with Gasteiger partial charge in [-0.3, -0.25) is 19.1 Å². The zero-order chi connectivity index (χ0) is 20.8. The van der Waals surface area contributed by atoms with Crippen LogP contribution < -0.4 is 10.1 Å². The normalized spacial score (nSPS) is 12.5. The number of nitrogens with zero attached hydrogens (tertiary/aromatic N) is 1. The number of carbonyl (C=O) groups excluding carboxylic acids is 2. The highest BCUT2D eigenvalue weighted by Crippen LogP contribution is 2.29. The quantitative estimate of drug-likeness (QED) is 0.425. The van der Waals surface area contributed by atoms with E-state index in [1.165, 1.54) is 44.6 Å². The van der Waals surface area contributed by atoms with Crippen LogP contribution in [0.15, 0.2) is 47.4 Å². The average molecular weight is 406 g/mol. The van der Waals surface area contributed by atoms with E-state index in [0.29, 0.717) is 4.90 Å². The predicted molar refractivity (Wildman–Crippen MR) is 102 cm³/mol. The van der Waals surface area contributed by atoms with E-state index in [-0.39, 0.29) is 22.7 Å². The van der Waals surface area contributed by atoms with Crippen molar-refractivity contribution in [3.05, 3.63) is 58.1 Å². The summed E-state index contributed by atoms with van der Waals surface area (Å²) in [6.45, 7) is 1.37. The fourth-order valence-electron chi connectivity index (χ4n) is 2.29. The van der Waals surface area contributed by atoms with Crippen LogP contribution in [-0.2, 0) is 20.3 Å². The molecule has 2 rings (SSSR count). The highest BCUT2D eigenvalue weighted by atomic mass is 32.2. The molecule has 0 fully saturated rings. The van der Waals surface area contributed by atoms with E-state index in [4.69, 9.17) is 9.47 Å². The number of esters is 1. The first-order valence-electron chi connectivity index (χ1n) is 8.01. The Hall–Kier alpha value is -3.27. The van der Waals surface area contributed by atoms with Gasteiger partial charge in [0.25, 0.3) is 11.6 Å². The summed E-state index contributed by atoms with van der Waals surface area (Å²) < 4.78 is 22.0. The molecule has 148 valence electrons. The smallest absolute Gasteiger partial charge is 0.340 e. The fourth-order valence-corrected chi connectivity index (χ4v) is 3.03. The number of methoxy groups -OCH3 is 1. The van der Waals surface area contributed by atoms with E-state index in [0.717, 1.165) is 0 Å². The number of nitro benzene ring substituents is 1. The van der Waals surface area contributed by atoms with Crippen LogP contribution in [0.5, 0.6) is 5.75 Å². The third-order valence-corrected chi connectivity index (χ3v) is 4.70. The molecule has 0 unspecified atom stereocenters. The number of nitro groups is 1. The summed E-state index contributed by atoms with van der Waals surface area (Å²) in [6, 6.07) is 9.94. The molecule has 0 saturated heterocycles. The molecule has 1 N–H and O–H groups in total. The fraction of sp³-hybridized carbons (Fsp3) is 0.222. The van der Waals surface area contributed by atoms with Crippen LogP contribution in [0.1, 0.15) is 17.3 Å². The maximum absolute atomic E-state index is 12.3. The van der Waals surface area contributed by atoms with Gasteiger partial charge in [0.05, 0.1) is 45.0 Å². The average Bonchev–Trinajstić information content (AvgIpc) is 2.67. The van der Waals surface area contributed by atoms with E-state index >= 15 is 0 Å². The molecule has 0 saturated carbocycles. The van der Waals surface area contributed by atoms with Crippen LogP contribution in [-0.4, -0.2) is 40.5 Å². The van der Waals surface area contributed by atoms with Gasteiger partial charge >= 0.3 is 5.97 Å². The summed E-state index contributed by atoms with van der Waals surface area (Å²) in [5, 5.41) is 13.3. The zero-order valence-electron chi connectivity index (χ0n) is 15.3. The van der Waals surface area contributed by atoms with Gasteiger partial charge in [-0.2, -0.15) is 0 Å². The minimum atomic E-state index is -1.40. The van der Waals surface area contributed by atoms with E-state index in [2.05, 4.69) is 5.32 Å². The molecule has 0 spiro atoms. The summed E-state index contributed by atoms with van der Waals surface area (Å²) in [7, 11) is -0.0961. The second kappa shape index (κ2) is 9.09. The highest BCUT2D eigenvalue weighted by Gasteiger charge is 2.23. The first-order chi connectivity index (χ1) is 13.2. The van der Waals surface area contributed by atoms with Crippen LogP contribution in [0.25, 0.3) is 0 Å². The second-order valence-electron chi connectivity index (χ2n) is 5.63. The van der Waals surface area contributed by atoms with Crippen molar-refractivity contribution in [3.63, 3.8) is 0 Å². The number of non-ortho nitro benzene ring substituents is 1. The predicted octanol–water partition coefficient (Wildman–Crippen LogP) is 2.52. The Morgan fingerprint density at radius 2 is 1.89 bits per heavy atom. The lowest BCUT2D eigenvalue weighted by Crippen LogP contribution is -2.30. The third kappa shape index (κ3) is 4.92. The largest absolute Gasteiger partial charge is 0.494 e. The second-order valence-corrected chi connectivity index (χ2v) is 6.98. The number of anilines is 1. The molecule has 0 aliphatic heterocycles. The van der Waals surface area contributed by atoms with Crippen molar-refractivity contribution in [2.75, 3.05) is 18.7 Å². The van der Waals surface area contributed by atoms with Gasteiger partial charge in [-0.05, 0) is 25.1 Å². The molecule has 9 nitrogen and oxygen atoms in total. The molecule has 10 heteroatoms. The Kier molecular flexibility index (Phi) is 6.83.